The molecule has 0 aliphatic heterocycles. The van der Waals surface area contributed by atoms with Crippen LogP contribution in [0.2, 0.25) is 0 Å². The molecule has 156 valence electrons. The summed E-state index contributed by atoms with van der Waals surface area (Å²) in [5.41, 5.74) is 5.96. The van der Waals surface area contributed by atoms with Crippen LogP contribution in [0.3, 0.4) is 0 Å². The van der Waals surface area contributed by atoms with Gasteiger partial charge in [-0.15, -0.1) is 0 Å². The number of aromatic nitrogens is 4. The highest BCUT2D eigenvalue weighted by Gasteiger charge is 2.22. The van der Waals surface area contributed by atoms with E-state index in [-0.39, 0.29) is 29.2 Å². The van der Waals surface area contributed by atoms with Crippen LogP contribution in [-0.2, 0) is 30.2 Å². The minimum atomic E-state index is -0.611. The lowest BCUT2D eigenvalue weighted by molar-refractivity contribution is -0.151. The van der Waals surface area contributed by atoms with Crippen molar-refractivity contribution >= 4 is 17.1 Å². The average Bonchev–Trinajstić information content (AvgIpc) is 3.06. The van der Waals surface area contributed by atoms with Gasteiger partial charge in [-0.1, -0.05) is 20.3 Å². The monoisotopic (exact) mass is 393 g/mol. The van der Waals surface area contributed by atoms with Crippen LogP contribution in [0, 0.1) is 5.92 Å². The van der Waals surface area contributed by atoms with Gasteiger partial charge in [0.2, 0.25) is 0 Å². The van der Waals surface area contributed by atoms with Gasteiger partial charge in [0, 0.05) is 20.6 Å². The molecule has 28 heavy (non-hydrogen) atoms. The molecule has 2 aromatic rings. The fourth-order valence-corrected chi connectivity index (χ4v) is 3.12. The molecule has 0 radical (unpaired) electrons. The second kappa shape index (κ2) is 9.18. The van der Waals surface area contributed by atoms with E-state index in [1.165, 1.54) is 15.5 Å². The second-order valence-electron chi connectivity index (χ2n) is 7.48. The summed E-state index contributed by atoms with van der Waals surface area (Å²) in [6.45, 7) is 6.04. The molecule has 9 nitrogen and oxygen atoms in total. The lowest BCUT2D eigenvalue weighted by Gasteiger charge is -2.20. The zero-order valence-electron chi connectivity index (χ0n) is 17.3. The minimum absolute atomic E-state index is 0.0738. The Morgan fingerprint density at radius 3 is 2.57 bits per heavy atom. The number of ether oxygens (including phenoxy) is 1. The van der Waals surface area contributed by atoms with Crippen LogP contribution in [0.15, 0.2) is 15.9 Å². The quantitative estimate of drug-likeness (QED) is 0.500. The minimum Gasteiger partial charge on any atom is -0.462 e. The summed E-state index contributed by atoms with van der Waals surface area (Å²) in [5.74, 6) is -0.307. The summed E-state index contributed by atoms with van der Waals surface area (Å²) < 4.78 is 9.65. The Morgan fingerprint density at radius 2 is 1.93 bits per heavy atom. The largest absolute Gasteiger partial charge is 0.462 e. The number of rotatable bonds is 9. The first-order valence-electron chi connectivity index (χ1n) is 9.75. The number of imidazole rings is 1. The number of aryl methyl sites for hydroxylation is 2. The summed E-state index contributed by atoms with van der Waals surface area (Å²) in [6.07, 6.45) is 4.05. The smallest absolute Gasteiger partial charge is 0.332 e. The van der Waals surface area contributed by atoms with Crippen LogP contribution in [0.25, 0.3) is 11.2 Å². The van der Waals surface area contributed by atoms with E-state index in [4.69, 9.17) is 10.5 Å². The average molecular weight is 393 g/mol. The van der Waals surface area contributed by atoms with Gasteiger partial charge in [-0.3, -0.25) is 18.7 Å². The van der Waals surface area contributed by atoms with Crippen molar-refractivity contribution in [2.24, 2.45) is 25.7 Å². The zero-order valence-corrected chi connectivity index (χ0v) is 17.3. The van der Waals surface area contributed by atoms with E-state index in [1.807, 2.05) is 20.8 Å². The standard InChI is InChI=1S/C19H31N5O4/c1-6-12(2)14(20)18(26)28-13(3)9-7-8-10-24-17(25)15-16(21-11-22(15)4)23(5)19(24)27/h11-14H,6-10,20H2,1-5H3/t12-,13?,14?/m0/s1. The normalized spacial score (nSPS) is 14.8. The number of unbranched alkanes of at least 4 members (excludes halogenated alkanes) is 1. The topological polar surface area (TPSA) is 114 Å². The number of carbonyl (C=O) groups excluding carboxylic acids is 1. The molecule has 2 aromatic heterocycles. The Balaban J connectivity index is 1.94. The summed E-state index contributed by atoms with van der Waals surface area (Å²) in [6, 6.07) is -0.611. The van der Waals surface area contributed by atoms with Crippen LogP contribution >= 0.6 is 0 Å². The lowest BCUT2D eigenvalue weighted by Crippen LogP contribution is -2.40. The number of carbonyl (C=O) groups is 1. The number of nitrogens with two attached hydrogens (primary N) is 1. The third-order valence-corrected chi connectivity index (χ3v) is 5.29. The van der Waals surface area contributed by atoms with E-state index >= 15 is 0 Å². The third-order valence-electron chi connectivity index (χ3n) is 5.29. The van der Waals surface area contributed by atoms with E-state index in [0.717, 1.165) is 6.42 Å². The van der Waals surface area contributed by atoms with Gasteiger partial charge in [0.05, 0.1) is 12.4 Å². The highest BCUT2D eigenvalue weighted by molar-refractivity contribution is 5.76. The van der Waals surface area contributed by atoms with E-state index in [0.29, 0.717) is 37.0 Å². The molecule has 2 unspecified atom stereocenters. The summed E-state index contributed by atoms with van der Waals surface area (Å²) in [5, 5.41) is 0. The Bertz CT molecular complexity index is 942. The second-order valence-corrected chi connectivity index (χ2v) is 7.48. The van der Waals surface area contributed by atoms with Crippen molar-refractivity contribution in [2.45, 2.75) is 65.1 Å². The van der Waals surface area contributed by atoms with Crippen LogP contribution < -0.4 is 17.0 Å². The Labute approximate surface area is 164 Å². The molecule has 0 bridgehead atoms. The highest BCUT2D eigenvalue weighted by atomic mass is 16.5. The molecule has 0 aliphatic rings. The first kappa shape index (κ1) is 21.9. The van der Waals surface area contributed by atoms with Crippen LogP contribution in [0.4, 0.5) is 0 Å². The molecular weight excluding hydrogens is 362 g/mol. The SMILES string of the molecule is CC[C@H](C)C(N)C(=O)OC(C)CCCCn1c(=O)c2c(ncn2C)n(C)c1=O. The fourth-order valence-electron chi connectivity index (χ4n) is 3.12. The fraction of sp³-hybridized carbons (Fsp3) is 0.684. The van der Waals surface area contributed by atoms with Crippen LogP contribution in [0.1, 0.15) is 46.5 Å². The van der Waals surface area contributed by atoms with E-state index in [1.54, 1.807) is 18.7 Å². The number of nitrogens with zero attached hydrogens (tertiary/aromatic N) is 4. The van der Waals surface area contributed by atoms with E-state index in [2.05, 4.69) is 4.98 Å². The molecule has 0 spiro atoms. The van der Waals surface area contributed by atoms with E-state index < -0.39 is 6.04 Å². The van der Waals surface area contributed by atoms with Gasteiger partial charge < -0.3 is 15.0 Å². The van der Waals surface area contributed by atoms with Crippen molar-refractivity contribution in [1.82, 2.24) is 18.7 Å². The molecule has 2 heterocycles. The maximum absolute atomic E-state index is 12.6. The van der Waals surface area contributed by atoms with Gasteiger partial charge in [0.25, 0.3) is 5.56 Å². The number of esters is 1. The molecule has 0 aliphatic carbocycles. The number of hydrogen-bond donors (Lipinski definition) is 1. The Hall–Kier alpha value is -2.42. The first-order valence-corrected chi connectivity index (χ1v) is 9.75. The predicted octanol–water partition coefficient (Wildman–Crippen LogP) is 0.909. The molecule has 0 fully saturated rings. The van der Waals surface area contributed by atoms with Gasteiger partial charge in [-0.2, -0.15) is 0 Å². The molecule has 0 aromatic carbocycles. The van der Waals surface area contributed by atoms with Crippen LogP contribution in [-0.4, -0.2) is 36.8 Å². The molecule has 0 saturated carbocycles. The molecule has 2 rings (SSSR count). The maximum Gasteiger partial charge on any atom is 0.332 e. The Kier molecular flexibility index (Phi) is 7.17. The van der Waals surface area contributed by atoms with Gasteiger partial charge in [-0.05, 0) is 32.1 Å². The van der Waals surface area contributed by atoms with Crippen molar-refractivity contribution in [3.8, 4) is 0 Å². The summed E-state index contributed by atoms with van der Waals surface area (Å²) in [7, 11) is 3.33. The van der Waals surface area contributed by atoms with Crippen molar-refractivity contribution < 1.29 is 9.53 Å². The molecule has 0 saturated heterocycles. The highest BCUT2D eigenvalue weighted by Crippen LogP contribution is 2.11. The number of hydrogen-bond acceptors (Lipinski definition) is 6. The lowest BCUT2D eigenvalue weighted by atomic mass is 10.0. The maximum atomic E-state index is 12.6. The molecule has 0 amide bonds. The third kappa shape index (κ3) is 4.52. The predicted molar refractivity (Wildman–Crippen MR) is 107 cm³/mol. The van der Waals surface area contributed by atoms with Gasteiger partial charge in [-0.25, -0.2) is 9.78 Å². The summed E-state index contributed by atoms with van der Waals surface area (Å²) in [4.78, 5) is 41.2. The van der Waals surface area contributed by atoms with Gasteiger partial charge in [0.1, 0.15) is 6.04 Å². The summed E-state index contributed by atoms with van der Waals surface area (Å²) >= 11 is 0. The van der Waals surface area contributed by atoms with Crippen molar-refractivity contribution in [1.29, 1.82) is 0 Å². The number of fused-ring (bicyclic) bond motifs is 1. The van der Waals surface area contributed by atoms with Crippen molar-refractivity contribution in [2.75, 3.05) is 0 Å². The first-order chi connectivity index (χ1) is 13.2. The van der Waals surface area contributed by atoms with Gasteiger partial charge >= 0.3 is 11.7 Å². The Morgan fingerprint density at radius 1 is 1.25 bits per heavy atom. The van der Waals surface area contributed by atoms with Crippen LogP contribution in [0.5, 0.6) is 0 Å². The zero-order chi connectivity index (χ0) is 21.0. The van der Waals surface area contributed by atoms with Gasteiger partial charge in [0.15, 0.2) is 11.2 Å². The van der Waals surface area contributed by atoms with Crippen molar-refractivity contribution in [3.63, 3.8) is 0 Å². The van der Waals surface area contributed by atoms with Crippen molar-refractivity contribution in [3.05, 3.63) is 27.2 Å². The molecular formula is C19H31N5O4. The van der Waals surface area contributed by atoms with E-state index in [9.17, 15) is 14.4 Å². The molecule has 9 heteroatoms. The molecule has 3 atom stereocenters. The molecule has 2 N–H and O–H groups in total.